The molecule has 0 radical (unpaired) electrons. The Labute approximate surface area is 531 Å². The molecule has 0 aromatic carbocycles. The summed E-state index contributed by atoms with van der Waals surface area (Å²) in [4.78, 5) is 13.3. The Hall–Kier alpha value is -1.79. The number of hydrogen-bond acceptors (Lipinski definition) is 13. The Morgan fingerprint density at radius 2 is 0.759 bits per heavy atom. The lowest BCUT2D eigenvalue weighted by atomic mass is 9.97. The van der Waals surface area contributed by atoms with Crippen LogP contribution in [0.3, 0.4) is 0 Å². The maximum absolute atomic E-state index is 13.3. The lowest BCUT2D eigenvalue weighted by Gasteiger charge is -2.46. The molecule has 2 aliphatic heterocycles. The Morgan fingerprint density at radius 3 is 1.15 bits per heavy atom. The summed E-state index contributed by atoms with van der Waals surface area (Å²) in [6.07, 6.45) is 58.2. The lowest BCUT2D eigenvalue weighted by Crippen LogP contribution is -2.65. The largest absolute Gasteiger partial charge is 0.394 e. The summed E-state index contributed by atoms with van der Waals surface area (Å²) in [5, 5.41) is 87.2. The van der Waals surface area contributed by atoms with Gasteiger partial charge in [0.05, 0.1) is 32.0 Å². The van der Waals surface area contributed by atoms with Crippen LogP contribution in [0.4, 0.5) is 0 Å². The van der Waals surface area contributed by atoms with E-state index in [1.54, 1.807) is 6.08 Å². The van der Waals surface area contributed by atoms with Crippen molar-refractivity contribution in [1.29, 1.82) is 0 Å². The van der Waals surface area contributed by atoms with Crippen molar-refractivity contribution in [2.75, 3.05) is 19.8 Å². The molecule has 0 aliphatic carbocycles. The van der Waals surface area contributed by atoms with Crippen molar-refractivity contribution in [1.82, 2.24) is 5.32 Å². The number of unbranched alkanes of at least 4 members (excludes halogenated alkanes) is 44. The van der Waals surface area contributed by atoms with Gasteiger partial charge in [0, 0.05) is 6.42 Å². The van der Waals surface area contributed by atoms with Crippen LogP contribution in [0.15, 0.2) is 36.5 Å². The minimum absolute atomic E-state index is 0.234. The number of carbonyl (C=O) groups is 1. The van der Waals surface area contributed by atoms with E-state index in [0.717, 1.165) is 44.9 Å². The van der Waals surface area contributed by atoms with Gasteiger partial charge in [-0.3, -0.25) is 4.79 Å². The summed E-state index contributed by atoms with van der Waals surface area (Å²) in [6, 6.07) is -0.911. The number of allylic oxidation sites excluding steroid dienone is 5. The average Bonchev–Trinajstić information content (AvgIpc) is 2.31. The minimum atomic E-state index is -1.79. The molecule has 1 amide bonds. The molecule has 0 aromatic heterocycles. The Bertz CT molecular complexity index is 1600. The number of carbonyl (C=O) groups excluding carboxylic acids is 1. The summed E-state index contributed by atoms with van der Waals surface area (Å²) >= 11 is 0. The molecule has 2 aliphatic rings. The average molecular weight is 1240 g/mol. The van der Waals surface area contributed by atoms with Gasteiger partial charge in [-0.25, -0.2) is 0 Å². The fraction of sp³-hybridized carbons (Fsp3) is 0.904. The molecule has 14 heteroatoms. The van der Waals surface area contributed by atoms with Crippen LogP contribution in [0, 0.1) is 0 Å². The fourth-order valence-corrected chi connectivity index (χ4v) is 12.2. The topological polar surface area (TPSA) is 228 Å². The molecule has 12 unspecified atom stereocenters. The van der Waals surface area contributed by atoms with E-state index in [0.29, 0.717) is 6.42 Å². The molecule has 12 atom stereocenters. The van der Waals surface area contributed by atoms with Crippen LogP contribution in [0.5, 0.6) is 0 Å². The Kier molecular flexibility index (Phi) is 54.3. The van der Waals surface area contributed by atoms with E-state index >= 15 is 0 Å². The standard InChI is InChI=1S/C73H137NO13/c1-3-5-7-9-11-13-15-17-18-19-20-21-22-23-24-25-26-27-28-29-30-31-32-33-34-35-36-37-38-39-40-41-42-43-44-45-47-49-51-53-55-57-65(78)74-61(62(77)56-54-52-50-48-46-16-14-12-10-8-6-4-2)60-84-72-70(83)68(81)71(64(59-76)86-72)87-73-69(82)67(80)66(79)63(58-75)85-73/h15,17,19-20,54,56,61-64,66-73,75-77,79-83H,3-14,16,18,21-53,55,57-60H2,1-2H3,(H,74,78)/b17-15-,20-19-,56-54+. The smallest absolute Gasteiger partial charge is 0.220 e. The molecule has 2 rings (SSSR count). The van der Waals surface area contributed by atoms with Crippen molar-refractivity contribution in [3.63, 3.8) is 0 Å². The zero-order valence-electron chi connectivity index (χ0n) is 55.8. The van der Waals surface area contributed by atoms with E-state index in [9.17, 15) is 45.6 Å². The first-order valence-electron chi connectivity index (χ1n) is 36.7. The molecule has 0 spiro atoms. The van der Waals surface area contributed by atoms with Crippen molar-refractivity contribution in [2.45, 2.75) is 402 Å². The highest BCUT2D eigenvalue weighted by atomic mass is 16.7. The molecule has 512 valence electrons. The number of aliphatic hydroxyl groups is 8. The van der Waals surface area contributed by atoms with Gasteiger partial charge in [-0.15, -0.1) is 0 Å². The summed E-state index contributed by atoms with van der Waals surface area (Å²) < 4.78 is 22.8. The van der Waals surface area contributed by atoms with Crippen LogP contribution in [-0.4, -0.2) is 140 Å². The predicted octanol–water partition coefficient (Wildman–Crippen LogP) is 15.3. The van der Waals surface area contributed by atoms with Gasteiger partial charge in [0.2, 0.25) is 5.91 Å². The van der Waals surface area contributed by atoms with Gasteiger partial charge >= 0.3 is 0 Å². The molecule has 9 N–H and O–H groups in total. The van der Waals surface area contributed by atoms with Gasteiger partial charge < -0.3 is 65.1 Å². The van der Waals surface area contributed by atoms with E-state index in [2.05, 4.69) is 43.5 Å². The Morgan fingerprint density at radius 1 is 0.414 bits per heavy atom. The van der Waals surface area contributed by atoms with Crippen molar-refractivity contribution in [3.8, 4) is 0 Å². The summed E-state index contributed by atoms with van der Waals surface area (Å²) in [5.74, 6) is -0.234. The van der Waals surface area contributed by atoms with Gasteiger partial charge in [0.1, 0.15) is 48.8 Å². The number of aliphatic hydroxyl groups excluding tert-OH is 8. The maximum atomic E-state index is 13.3. The third-order valence-electron chi connectivity index (χ3n) is 18.1. The second-order valence-electron chi connectivity index (χ2n) is 26.1. The fourth-order valence-electron chi connectivity index (χ4n) is 12.2. The molecule has 0 bridgehead atoms. The molecule has 0 aromatic rings. The molecule has 14 nitrogen and oxygen atoms in total. The van der Waals surface area contributed by atoms with Gasteiger partial charge in [-0.05, 0) is 51.4 Å². The van der Waals surface area contributed by atoms with E-state index in [1.165, 1.54) is 257 Å². The number of amides is 1. The van der Waals surface area contributed by atoms with Crippen molar-refractivity contribution < 1.29 is 64.6 Å². The van der Waals surface area contributed by atoms with Crippen LogP contribution < -0.4 is 5.32 Å². The molecular formula is C73H137NO13. The molecule has 0 saturated carbocycles. The van der Waals surface area contributed by atoms with E-state index < -0.39 is 86.8 Å². The zero-order chi connectivity index (χ0) is 63.1. The van der Waals surface area contributed by atoms with Crippen LogP contribution in [0.2, 0.25) is 0 Å². The van der Waals surface area contributed by atoms with E-state index in [-0.39, 0.29) is 18.9 Å². The second kappa shape index (κ2) is 58.1. The van der Waals surface area contributed by atoms with Gasteiger partial charge in [0.25, 0.3) is 0 Å². The lowest BCUT2D eigenvalue weighted by molar-refractivity contribution is -0.359. The first-order valence-corrected chi connectivity index (χ1v) is 36.7. The molecule has 2 heterocycles. The highest BCUT2D eigenvalue weighted by molar-refractivity contribution is 5.76. The van der Waals surface area contributed by atoms with Gasteiger partial charge in [-0.2, -0.15) is 0 Å². The first kappa shape index (κ1) is 81.3. The van der Waals surface area contributed by atoms with Crippen molar-refractivity contribution >= 4 is 5.91 Å². The first-order chi connectivity index (χ1) is 42.6. The van der Waals surface area contributed by atoms with Crippen LogP contribution in [0.1, 0.15) is 328 Å². The summed E-state index contributed by atoms with van der Waals surface area (Å²) in [7, 11) is 0. The molecule has 2 saturated heterocycles. The number of hydrogen-bond donors (Lipinski definition) is 9. The maximum Gasteiger partial charge on any atom is 0.220 e. The summed E-state index contributed by atoms with van der Waals surface area (Å²) in [6.45, 7) is 2.80. The van der Waals surface area contributed by atoms with Crippen molar-refractivity contribution in [3.05, 3.63) is 36.5 Å². The molecule has 87 heavy (non-hydrogen) atoms. The third-order valence-corrected chi connectivity index (χ3v) is 18.1. The second-order valence-corrected chi connectivity index (χ2v) is 26.1. The molecule has 2 fully saturated rings. The predicted molar refractivity (Wildman–Crippen MR) is 355 cm³/mol. The number of nitrogens with one attached hydrogen (secondary N) is 1. The normalized spacial score (nSPS) is 23.4. The van der Waals surface area contributed by atoms with Crippen LogP contribution in [0.25, 0.3) is 0 Å². The Balaban J connectivity index is 1.51. The highest BCUT2D eigenvalue weighted by Gasteiger charge is 2.51. The molecular weight excluding hydrogens is 1100 g/mol. The minimum Gasteiger partial charge on any atom is -0.394 e. The van der Waals surface area contributed by atoms with Crippen molar-refractivity contribution in [2.24, 2.45) is 0 Å². The quantitative estimate of drug-likeness (QED) is 0.0204. The zero-order valence-corrected chi connectivity index (χ0v) is 55.8. The van der Waals surface area contributed by atoms with Gasteiger partial charge in [-0.1, -0.05) is 307 Å². The van der Waals surface area contributed by atoms with Gasteiger partial charge in [0.15, 0.2) is 12.6 Å². The van der Waals surface area contributed by atoms with E-state index in [4.69, 9.17) is 18.9 Å². The number of ether oxygens (including phenoxy) is 4. The highest BCUT2D eigenvalue weighted by Crippen LogP contribution is 2.30. The SMILES string of the molecule is CCCCCCC/C=C\C/C=C\CCCCCCCCCCCCCCCCCCCCCCCCCCCCCCCC(=O)NC(COC1OC(CO)C(OC2OC(CO)C(O)C(O)C2O)C(O)C1O)C(O)/C=C/CCCCCCCCCCCC. The summed E-state index contributed by atoms with van der Waals surface area (Å²) in [5.41, 5.74) is 0. The third kappa shape index (κ3) is 42.1. The van der Waals surface area contributed by atoms with Crippen LogP contribution in [-0.2, 0) is 23.7 Å². The monoisotopic (exact) mass is 1240 g/mol. The van der Waals surface area contributed by atoms with Crippen LogP contribution >= 0.6 is 0 Å². The van der Waals surface area contributed by atoms with E-state index in [1.807, 2.05) is 6.08 Å². The number of rotatable bonds is 61.